The zero-order valence-corrected chi connectivity index (χ0v) is 15.3. The molecule has 0 aliphatic heterocycles. The minimum absolute atomic E-state index is 0.0690. The third-order valence-corrected chi connectivity index (χ3v) is 3.75. The molecule has 8 nitrogen and oxygen atoms in total. The van der Waals surface area contributed by atoms with Crippen LogP contribution in [0.1, 0.15) is 16.7 Å². The number of carbonyl (C=O) groups is 2. The molecule has 0 aliphatic rings. The highest BCUT2D eigenvalue weighted by molar-refractivity contribution is 5.93. The summed E-state index contributed by atoms with van der Waals surface area (Å²) in [7, 11) is 0. The van der Waals surface area contributed by atoms with E-state index in [0.717, 1.165) is 11.1 Å². The highest BCUT2D eigenvalue weighted by atomic mass is 16.6. The van der Waals surface area contributed by atoms with Crippen molar-refractivity contribution in [3.05, 3.63) is 63.2 Å². The van der Waals surface area contributed by atoms with E-state index in [2.05, 4.69) is 5.32 Å². The second-order valence-corrected chi connectivity index (χ2v) is 6.02. The smallest absolute Gasteiger partial charge is 0.344 e. The number of hydrogen-bond donors (Lipinski definition) is 1. The molecule has 8 heteroatoms. The van der Waals surface area contributed by atoms with Crippen molar-refractivity contribution in [2.24, 2.45) is 0 Å². The van der Waals surface area contributed by atoms with Crippen molar-refractivity contribution in [1.29, 1.82) is 0 Å². The number of hydrogen-bond acceptors (Lipinski definition) is 6. The third-order valence-electron chi connectivity index (χ3n) is 3.75. The normalized spacial score (nSPS) is 10.2. The van der Waals surface area contributed by atoms with Gasteiger partial charge in [0.25, 0.3) is 11.6 Å². The first-order chi connectivity index (χ1) is 12.8. The number of anilines is 1. The van der Waals surface area contributed by atoms with Gasteiger partial charge in [0, 0.05) is 17.8 Å². The molecule has 2 aromatic rings. The molecule has 0 atom stereocenters. The highest BCUT2D eigenvalue weighted by Gasteiger charge is 2.13. The van der Waals surface area contributed by atoms with Gasteiger partial charge in [0.2, 0.25) is 0 Å². The van der Waals surface area contributed by atoms with Crippen molar-refractivity contribution in [3.63, 3.8) is 0 Å². The van der Waals surface area contributed by atoms with E-state index in [-0.39, 0.29) is 12.3 Å². The van der Waals surface area contributed by atoms with Gasteiger partial charge in [-0.3, -0.25) is 14.9 Å². The van der Waals surface area contributed by atoms with E-state index in [1.807, 2.05) is 32.0 Å². The van der Waals surface area contributed by atoms with Crippen molar-refractivity contribution >= 4 is 23.3 Å². The van der Waals surface area contributed by atoms with Gasteiger partial charge in [-0.1, -0.05) is 12.1 Å². The fourth-order valence-electron chi connectivity index (χ4n) is 2.28. The lowest BCUT2D eigenvalue weighted by atomic mass is 10.1. The van der Waals surface area contributed by atoms with Crippen molar-refractivity contribution in [2.75, 3.05) is 18.5 Å². The number of nitrogens with one attached hydrogen (secondary N) is 1. The van der Waals surface area contributed by atoms with Crippen LogP contribution in [0.3, 0.4) is 0 Å². The Balaban J connectivity index is 1.82. The molecule has 0 bridgehead atoms. The number of carbonyl (C=O) groups excluding carboxylic acids is 2. The lowest BCUT2D eigenvalue weighted by Crippen LogP contribution is -2.24. The van der Waals surface area contributed by atoms with Gasteiger partial charge in [0.05, 0.1) is 4.92 Å². The van der Waals surface area contributed by atoms with Crippen LogP contribution in [0.15, 0.2) is 36.4 Å². The van der Waals surface area contributed by atoms with E-state index in [0.29, 0.717) is 17.0 Å². The molecular weight excluding hydrogens is 352 g/mol. The number of non-ortho nitro benzene ring substituents is 1. The number of ether oxygens (including phenoxy) is 2. The number of nitrogens with zero attached hydrogens (tertiary/aromatic N) is 1. The van der Waals surface area contributed by atoms with Gasteiger partial charge in [0.15, 0.2) is 13.2 Å². The molecule has 27 heavy (non-hydrogen) atoms. The number of nitro benzene ring substituents is 1. The Hall–Kier alpha value is -3.42. The number of benzene rings is 2. The van der Waals surface area contributed by atoms with Crippen LogP contribution in [-0.4, -0.2) is 30.0 Å². The number of nitro groups is 1. The van der Waals surface area contributed by atoms with Crippen LogP contribution >= 0.6 is 0 Å². The predicted molar refractivity (Wildman–Crippen MR) is 98.8 cm³/mol. The maximum Gasteiger partial charge on any atom is 0.344 e. The standard InChI is InChI=1S/C19H20N2O6/c1-12-4-5-13(2)17(8-12)26-11-19(23)27-10-18(22)20-16-7-6-15(21(24)25)9-14(16)3/h4-9H,10-11H2,1-3H3,(H,20,22). The third kappa shape index (κ3) is 5.81. The highest BCUT2D eigenvalue weighted by Crippen LogP contribution is 2.21. The maximum absolute atomic E-state index is 11.9. The van der Waals surface area contributed by atoms with Gasteiger partial charge in [-0.15, -0.1) is 0 Å². The molecule has 0 aliphatic carbocycles. The predicted octanol–water partition coefficient (Wildman–Crippen LogP) is 3.08. The minimum Gasteiger partial charge on any atom is -0.482 e. The van der Waals surface area contributed by atoms with Gasteiger partial charge in [-0.2, -0.15) is 0 Å². The summed E-state index contributed by atoms with van der Waals surface area (Å²) < 4.78 is 10.3. The van der Waals surface area contributed by atoms with Crippen molar-refractivity contribution < 1.29 is 24.0 Å². The Labute approximate surface area is 156 Å². The summed E-state index contributed by atoms with van der Waals surface area (Å²) in [6.07, 6.45) is 0. The monoisotopic (exact) mass is 372 g/mol. The molecule has 0 spiro atoms. The second-order valence-electron chi connectivity index (χ2n) is 6.02. The second kappa shape index (κ2) is 8.79. The first-order valence-corrected chi connectivity index (χ1v) is 8.17. The zero-order chi connectivity index (χ0) is 20.0. The summed E-state index contributed by atoms with van der Waals surface area (Å²) in [5.41, 5.74) is 2.76. The zero-order valence-electron chi connectivity index (χ0n) is 15.3. The fourth-order valence-corrected chi connectivity index (χ4v) is 2.28. The Bertz CT molecular complexity index is 878. The molecule has 1 amide bonds. The molecule has 2 rings (SSSR count). The van der Waals surface area contributed by atoms with Gasteiger partial charge in [0.1, 0.15) is 5.75 Å². The molecule has 142 valence electrons. The van der Waals surface area contributed by atoms with E-state index in [1.54, 1.807) is 6.92 Å². The SMILES string of the molecule is Cc1ccc(C)c(OCC(=O)OCC(=O)Nc2ccc([N+](=O)[O-])cc2C)c1. The van der Waals surface area contributed by atoms with Crippen molar-refractivity contribution in [1.82, 2.24) is 0 Å². The summed E-state index contributed by atoms with van der Waals surface area (Å²) >= 11 is 0. The molecule has 0 unspecified atom stereocenters. The average molecular weight is 372 g/mol. The van der Waals surface area contributed by atoms with Gasteiger partial charge >= 0.3 is 5.97 Å². The summed E-state index contributed by atoms with van der Waals surface area (Å²) in [5, 5.41) is 13.3. The molecule has 0 saturated carbocycles. The topological polar surface area (TPSA) is 108 Å². The van der Waals surface area contributed by atoms with Crippen LogP contribution in [0, 0.1) is 30.9 Å². The van der Waals surface area contributed by atoms with E-state index in [9.17, 15) is 19.7 Å². The van der Waals surface area contributed by atoms with Crippen LogP contribution in [0.4, 0.5) is 11.4 Å². The van der Waals surface area contributed by atoms with E-state index >= 15 is 0 Å². The maximum atomic E-state index is 11.9. The van der Waals surface area contributed by atoms with E-state index < -0.39 is 23.4 Å². The van der Waals surface area contributed by atoms with Gasteiger partial charge < -0.3 is 14.8 Å². The van der Waals surface area contributed by atoms with Crippen molar-refractivity contribution in [3.8, 4) is 5.75 Å². The number of amides is 1. The number of esters is 1. The quantitative estimate of drug-likeness (QED) is 0.455. The fraction of sp³-hybridized carbons (Fsp3) is 0.263. The lowest BCUT2D eigenvalue weighted by molar-refractivity contribution is -0.384. The first-order valence-electron chi connectivity index (χ1n) is 8.17. The Morgan fingerprint density at radius 2 is 1.78 bits per heavy atom. The van der Waals surface area contributed by atoms with E-state index in [4.69, 9.17) is 9.47 Å². The van der Waals surface area contributed by atoms with Crippen LogP contribution < -0.4 is 10.1 Å². The number of rotatable bonds is 7. The van der Waals surface area contributed by atoms with E-state index in [1.165, 1.54) is 18.2 Å². The Morgan fingerprint density at radius 1 is 1.04 bits per heavy atom. The first kappa shape index (κ1) is 19.9. The molecule has 0 fully saturated rings. The summed E-state index contributed by atoms with van der Waals surface area (Å²) in [6.45, 7) is 4.61. The van der Waals surface area contributed by atoms with Crippen LogP contribution in [0.2, 0.25) is 0 Å². The number of aryl methyl sites for hydroxylation is 3. The Morgan fingerprint density at radius 3 is 2.44 bits per heavy atom. The van der Waals surface area contributed by atoms with Crippen LogP contribution in [-0.2, 0) is 14.3 Å². The minimum atomic E-state index is -0.675. The molecule has 0 saturated heterocycles. The summed E-state index contributed by atoms with van der Waals surface area (Å²) in [4.78, 5) is 33.9. The molecule has 2 aromatic carbocycles. The van der Waals surface area contributed by atoms with Gasteiger partial charge in [-0.05, 0) is 49.6 Å². The largest absolute Gasteiger partial charge is 0.482 e. The molecule has 1 N–H and O–H groups in total. The van der Waals surface area contributed by atoms with Crippen molar-refractivity contribution in [2.45, 2.75) is 20.8 Å². The summed E-state index contributed by atoms with van der Waals surface area (Å²) in [5.74, 6) is -0.642. The van der Waals surface area contributed by atoms with Gasteiger partial charge in [-0.25, -0.2) is 4.79 Å². The van der Waals surface area contributed by atoms with Crippen LogP contribution in [0.5, 0.6) is 5.75 Å². The molecule has 0 radical (unpaired) electrons. The van der Waals surface area contributed by atoms with Crippen LogP contribution in [0.25, 0.3) is 0 Å². The lowest BCUT2D eigenvalue weighted by Gasteiger charge is -2.11. The molecule has 0 heterocycles. The molecular formula is C19H20N2O6. The average Bonchev–Trinajstić information content (AvgIpc) is 2.62. The molecule has 0 aromatic heterocycles. The summed E-state index contributed by atoms with van der Waals surface area (Å²) in [6, 6.07) is 9.69. The Kier molecular flexibility index (Phi) is 6.48.